The lowest BCUT2D eigenvalue weighted by Crippen LogP contribution is -2.51. The van der Waals surface area contributed by atoms with E-state index in [1.54, 1.807) is 7.11 Å². The van der Waals surface area contributed by atoms with Gasteiger partial charge in [0.25, 0.3) is 0 Å². The topological polar surface area (TPSA) is 49.8 Å². The second kappa shape index (κ2) is 6.36. The zero-order valence-corrected chi connectivity index (χ0v) is 11.2. The maximum absolute atomic E-state index is 10.8. The number of rotatable bonds is 6. The van der Waals surface area contributed by atoms with E-state index < -0.39 is 5.97 Å². The van der Waals surface area contributed by atoms with Crippen LogP contribution in [0.5, 0.6) is 0 Å². The highest BCUT2D eigenvalue weighted by molar-refractivity contribution is 5.67. The maximum atomic E-state index is 10.8. The first-order valence-corrected chi connectivity index (χ1v) is 6.41. The monoisotopic (exact) mass is 243 g/mol. The molecule has 0 aliphatic carbocycles. The largest absolute Gasteiger partial charge is 0.481 e. The molecule has 0 radical (unpaired) electrons. The van der Waals surface area contributed by atoms with Gasteiger partial charge in [0.05, 0.1) is 0 Å². The SMILES string of the molecule is COCCCN1CC(CC(=O)O)CCC1(C)C. The first-order chi connectivity index (χ1) is 7.95. The minimum absolute atomic E-state index is 0.197. The summed E-state index contributed by atoms with van der Waals surface area (Å²) < 4.78 is 5.07. The molecule has 0 amide bonds. The smallest absolute Gasteiger partial charge is 0.303 e. The Bertz CT molecular complexity index is 253. The van der Waals surface area contributed by atoms with E-state index in [1.165, 1.54) is 0 Å². The van der Waals surface area contributed by atoms with Gasteiger partial charge in [-0.15, -0.1) is 0 Å². The molecule has 1 unspecified atom stereocenters. The van der Waals surface area contributed by atoms with Gasteiger partial charge in [-0.3, -0.25) is 9.69 Å². The molecule has 0 aromatic rings. The van der Waals surface area contributed by atoms with Crippen molar-refractivity contribution in [2.24, 2.45) is 5.92 Å². The van der Waals surface area contributed by atoms with Crippen molar-refractivity contribution in [2.45, 2.75) is 45.1 Å². The summed E-state index contributed by atoms with van der Waals surface area (Å²) in [6.45, 7) is 7.17. The molecular weight excluding hydrogens is 218 g/mol. The van der Waals surface area contributed by atoms with Crippen molar-refractivity contribution >= 4 is 5.97 Å². The quantitative estimate of drug-likeness (QED) is 0.725. The van der Waals surface area contributed by atoms with E-state index in [-0.39, 0.29) is 5.54 Å². The van der Waals surface area contributed by atoms with E-state index in [4.69, 9.17) is 9.84 Å². The summed E-state index contributed by atoms with van der Waals surface area (Å²) in [5, 5.41) is 8.86. The first kappa shape index (κ1) is 14.5. The number of piperidine rings is 1. The molecule has 0 bridgehead atoms. The summed E-state index contributed by atoms with van der Waals surface area (Å²) in [5.41, 5.74) is 0.197. The number of nitrogens with zero attached hydrogens (tertiary/aromatic N) is 1. The predicted octanol–water partition coefficient (Wildman–Crippen LogP) is 1.99. The predicted molar refractivity (Wildman–Crippen MR) is 67.1 cm³/mol. The summed E-state index contributed by atoms with van der Waals surface area (Å²) >= 11 is 0. The lowest BCUT2D eigenvalue weighted by molar-refractivity contribution is -0.139. The molecule has 1 fully saturated rings. The number of carbonyl (C=O) groups is 1. The summed E-state index contributed by atoms with van der Waals surface area (Å²) in [6, 6.07) is 0. The highest BCUT2D eigenvalue weighted by Crippen LogP contribution is 2.31. The van der Waals surface area contributed by atoms with Gasteiger partial charge < -0.3 is 9.84 Å². The van der Waals surface area contributed by atoms with Crippen LogP contribution < -0.4 is 0 Å². The molecule has 0 aromatic heterocycles. The van der Waals surface area contributed by atoms with Crippen molar-refractivity contribution in [1.82, 2.24) is 4.90 Å². The van der Waals surface area contributed by atoms with Gasteiger partial charge in [-0.25, -0.2) is 0 Å². The summed E-state index contributed by atoms with van der Waals surface area (Å²) in [6.07, 6.45) is 3.43. The Labute approximate surface area is 104 Å². The standard InChI is InChI=1S/C13H25NO3/c1-13(2)6-5-11(9-12(15)16)10-14(13)7-4-8-17-3/h11H,4-10H2,1-3H3,(H,15,16). The van der Waals surface area contributed by atoms with E-state index in [2.05, 4.69) is 18.7 Å². The second-order valence-electron chi connectivity index (χ2n) is 5.61. The molecule has 1 aliphatic rings. The van der Waals surface area contributed by atoms with Crippen molar-refractivity contribution in [1.29, 1.82) is 0 Å². The van der Waals surface area contributed by atoms with Gasteiger partial charge >= 0.3 is 5.97 Å². The molecule has 1 N–H and O–H groups in total. The van der Waals surface area contributed by atoms with Crippen LogP contribution in [0.3, 0.4) is 0 Å². The molecule has 4 nitrogen and oxygen atoms in total. The lowest BCUT2D eigenvalue weighted by Gasteiger charge is -2.45. The second-order valence-corrected chi connectivity index (χ2v) is 5.61. The van der Waals surface area contributed by atoms with Crippen LogP contribution in [0.4, 0.5) is 0 Å². The molecule has 0 aromatic carbocycles. The maximum Gasteiger partial charge on any atom is 0.303 e. The molecule has 0 saturated carbocycles. The average Bonchev–Trinajstić information content (AvgIpc) is 2.22. The van der Waals surface area contributed by atoms with Crippen LogP contribution >= 0.6 is 0 Å². The molecule has 17 heavy (non-hydrogen) atoms. The van der Waals surface area contributed by atoms with E-state index >= 15 is 0 Å². The summed E-state index contributed by atoms with van der Waals surface area (Å²) in [5.74, 6) is -0.366. The third-order valence-corrected chi connectivity index (χ3v) is 3.74. The van der Waals surface area contributed by atoms with E-state index in [0.717, 1.165) is 39.0 Å². The Morgan fingerprint density at radius 1 is 1.53 bits per heavy atom. The zero-order chi connectivity index (χ0) is 12.9. The minimum atomic E-state index is -0.674. The van der Waals surface area contributed by atoms with Crippen molar-refractivity contribution in [3.63, 3.8) is 0 Å². The minimum Gasteiger partial charge on any atom is -0.481 e. The number of aliphatic carboxylic acids is 1. The molecule has 4 heteroatoms. The third kappa shape index (κ3) is 4.64. The van der Waals surface area contributed by atoms with Gasteiger partial charge in [0, 0.05) is 38.8 Å². The molecule has 100 valence electrons. The Morgan fingerprint density at radius 2 is 2.24 bits per heavy atom. The summed E-state index contributed by atoms with van der Waals surface area (Å²) in [7, 11) is 1.72. The van der Waals surface area contributed by atoms with Crippen LogP contribution in [0.2, 0.25) is 0 Å². The van der Waals surface area contributed by atoms with Crippen LogP contribution in [-0.2, 0) is 9.53 Å². The Morgan fingerprint density at radius 3 is 2.82 bits per heavy atom. The van der Waals surface area contributed by atoms with Gasteiger partial charge in [0.2, 0.25) is 0 Å². The molecule has 1 rings (SSSR count). The molecular formula is C13H25NO3. The van der Waals surface area contributed by atoms with E-state index in [0.29, 0.717) is 12.3 Å². The van der Waals surface area contributed by atoms with Crippen molar-refractivity contribution < 1.29 is 14.6 Å². The number of hydrogen-bond donors (Lipinski definition) is 1. The van der Waals surface area contributed by atoms with Gasteiger partial charge in [-0.1, -0.05) is 0 Å². The van der Waals surface area contributed by atoms with Gasteiger partial charge in [-0.05, 0) is 39.0 Å². The van der Waals surface area contributed by atoms with Gasteiger partial charge in [0.15, 0.2) is 0 Å². The molecule has 1 heterocycles. The van der Waals surface area contributed by atoms with Gasteiger partial charge in [-0.2, -0.15) is 0 Å². The van der Waals surface area contributed by atoms with Crippen LogP contribution in [0, 0.1) is 5.92 Å². The number of methoxy groups -OCH3 is 1. The molecule has 0 spiro atoms. The molecule has 1 atom stereocenters. The Hall–Kier alpha value is -0.610. The fourth-order valence-electron chi connectivity index (χ4n) is 2.57. The van der Waals surface area contributed by atoms with E-state index in [9.17, 15) is 4.79 Å². The van der Waals surface area contributed by atoms with Crippen LogP contribution in [0.15, 0.2) is 0 Å². The van der Waals surface area contributed by atoms with Crippen LogP contribution in [0.25, 0.3) is 0 Å². The highest BCUT2D eigenvalue weighted by atomic mass is 16.5. The fraction of sp³-hybridized carbons (Fsp3) is 0.923. The van der Waals surface area contributed by atoms with Crippen molar-refractivity contribution in [3.8, 4) is 0 Å². The fourth-order valence-corrected chi connectivity index (χ4v) is 2.57. The number of likely N-dealkylation sites (tertiary alicyclic amines) is 1. The number of carboxylic acid groups (broad SMARTS) is 1. The summed E-state index contributed by atoms with van der Waals surface area (Å²) in [4.78, 5) is 13.2. The van der Waals surface area contributed by atoms with Crippen LogP contribution in [0.1, 0.15) is 39.5 Å². The van der Waals surface area contributed by atoms with Crippen molar-refractivity contribution in [3.05, 3.63) is 0 Å². The first-order valence-electron chi connectivity index (χ1n) is 6.41. The number of hydrogen-bond acceptors (Lipinski definition) is 3. The molecule has 1 aliphatic heterocycles. The van der Waals surface area contributed by atoms with Crippen molar-refractivity contribution in [2.75, 3.05) is 26.8 Å². The van der Waals surface area contributed by atoms with Crippen LogP contribution in [-0.4, -0.2) is 48.3 Å². The lowest BCUT2D eigenvalue weighted by atomic mass is 9.83. The Balaban J connectivity index is 2.47. The third-order valence-electron chi connectivity index (χ3n) is 3.74. The Kier molecular flexibility index (Phi) is 5.40. The zero-order valence-electron chi connectivity index (χ0n) is 11.2. The number of ether oxygens (including phenoxy) is 1. The van der Waals surface area contributed by atoms with E-state index in [1.807, 2.05) is 0 Å². The normalized spacial score (nSPS) is 24.8. The average molecular weight is 243 g/mol. The molecule has 1 saturated heterocycles. The highest BCUT2D eigenvalue weighted by Gasteiger charge is 2.34. The number of carboxylic acids is 1. The van der Waals surface area contributed by atoms with Gasteiger partial charge in [0.1, 0.15) is 0 Å².